The Bertz CT molecular complexity index is 1000. The number of amides is 2. The Labute approximate surface area is 201 Å². The van der Waals surface area contributed by atoms with Crippen molar-refractivity contribution in [2.75, 3.05) is 19.6 Å². The number of piperidine rings is 1. The van der Waals surface area contributed by atoms with E-state index in [1.165, 1.54) is 37.7 Å². The largest absolute Gasteiger partial charge is 0.365 e. The molecule has 0 radical (unpaired) electrons. The van der Waals surface area contributed by atoms with Crippen molar-refractivity contribution in [1.82, 2.24) is 25.2 Å². The number of hydrogen-bond acceptors (Lipinski definition) is 5. The normalized spacial score (nSPS) is 21.8. The van der Waals surface area contributed by atoms with Gasteiger partial charge in [0, 0.05) is 25.6 Å². The van der Waals surface area contributed by atoms with Crippen LogP contribution < -0.4 is 5.32 Å². The van der Waals surface area contributed by atoms with E-state index in [9.17, 15) is 9.59 Å². The van der Waals surface area contributed by atoms with Gasteiger partial charge in [-0.2, -0.15) is 0 Å². The number of rotatable bonds is 5. The van der Waals surface area contributed by atoms with Crippen molar-refractivity contribution in [2.45, 2.75) is 71.1 Å². The predicted molar refractivity (Wildman–Crippen MR) is 127 cm³/mol. The second kappa shape index (κ2) is 10.3. The third-order valence-corrected chi connectivity index (χ3v) is 7.69. The van der Waals surface area contributed by atoms with E-state index in [4.69, 9.17) is 4.74 Å². The molecule has 1 N–H and O–H groups in total. The van der Waals surface area contributed by atoms with Gasteiger partial charge in [-0.15, -0.1) is 5.10 Å². The lowest BCUT2D eigenvalue weighted by molar-refractivity contribution is -0.126. The number of likely N-dealkylation sites (tertiary alicyclic amines) is 1. The van der Waals surface area contributed by atoms with Gasteiger partial charge in [0.05, 0.1) is 18.8 Å². The van der Waals surface area contributed by atoms with Crippen LogP contribution in [0.15, 0.2) is 24.3 Å². The first-order chi connectivity index (χ1) is 16.6. The number of carbonyl (C=O) groups is 2. The van der Waals surface area contributed by atoms with E-state index >= 15 is 0 Å². The van der Waals surface area contributed by atoms with Crippen molar-refractivity contribution in [3.63, 3.8) is 0 Å². The number of aryl methyl sites for hydroxylation is 1. The van der Waals surface area contributed by atoms with Gasteiger partial charge in [0.25, 0.3) is 5.91 Å². The molecule has 1 atom stereocenters. The molecule has 8 nitrogen and oxygen atoms in total. The van der Waals surface area contributed by atoms with E-state index in [2.05, 4.69) is 46.8 Å². The maximum atomic E-state index is 13.2. The SMILES string of the molecule is Cc1ccc(C2Cn3nnc(C(=O)N4CCC(C(=O)NCC5CCCCC5)CC4)c3CO2)cc1. The molecule has 182 valence electrons. The summed E-state index contributed by atoms with van der Waals surface area (Å²) in [6.45, 7) is 4.85. The number of carbonyl (C=O) groups excluding carboxylic acids is 2. The number of nitrogens with one attached hydrogen (secondary N) is 1. The first kappa shape index (κ1) is 23.0. The van der Waals surface area contributed by atoms with Crippen LogP contribution in [0.4, 0.5) is 0 Å². The standard InChI is InChI=1S/C26H35N5O3/c1-18-7-9-20(10-8-18)23-16-31-22(17-34-23)24(28-29-31)26(33)30-13-11-21(12-14-30)25(32)27-15-19-5-3-2-4-6-19/h7-10,19,21,23H,2-6,11-17H2,1H3,(H,27,32). The van der Waals surface area contributed by atoms with E-state index < -0.39 is 0 Å². The number of benzene rings is 1. The van der Waals surface area contributed by atoms with Gasteiger partial charge in [-0.05, 0) is 44.1 Å². The van der Waals surface area contributed by atoms with Crippen molar-refractivity contribution in [3.8, 4) is 0 Å². The molecule has 0 spiro atoms. The average molecular weight is 466 g/mol. The minimum atomic E-state index is -0.111. The molecule has 2 aliphatic heterocycles. The van der Waals surface area contributed by atoms with Crippen LogP contribution in [0.5, 0.6) is 0 Å². The minimum Gasteiger partial charge on any atom is -0.365 e. The summed E-state index contributed by atoms with van der Waals surface area (Å²) in [5.41, 5.74) is 3.42. The summed E-state index contributed by atoms with van der Waals surface area (Å²) in [5, 5.41) is 11.6. The Kier molecular flexibility index (Phi) is 6.94. The molecule has 0 bridgehead atoms. The van der Waals surface area contributed by atoms with Crippen molar-refractivity contribution in [2.24, 2.45) is 11.8 Å². The smallest absolute Gasteiger partial charge is 0.276 e. The molecule has 1 unspecified atom stereocenters. The second-order valence-corrected chi connectivity index (χ2v) is 10.1. The third-order valence-electron chi connectivity index (χ3n) is 7.69. The van der Waals surface area contributed by atoms with Gasteiger partial charge in [-0.3, -0.25) is 9.59 Å². The second-order valence-electron chi connectivity index (χ2n) is 10.1. The lowest BCUT2D eigenvalue weighted by atomic mass is 9.89. The third kappa shape index (κ3) is 5.02. The summed E-state index contributed by atoms with van der Waals surface area (Å²) < 4.78 is 7.87. The van der Waals surface area contributed by atoms with Crippen molar-refractivity contribution in [3.05, 3.63) is 46.8 Å². The van der Waals surface area contributed by atoms with Gasteiger partial charge >= 0.3 is 0 Å². The zero-order valence-corrected chi connectivity index (χ0v) is 20.0. The molecule has 1 aromatic heterocycles. The van der Waals surface area contributed by atoms with Crippen molar-refractivity contribution in [1.29, 1.82) is 0 Å². The quantitative estimate of drug-likeness (QED) is 0.731. The topological polar surface area (TPSA) is 89.4 Å². The molecule has 2 aromatic rings. The summed E-state index contributed by atoms with van der Waals surface area (Å²) >= 11 is 0. The molecule has 1 aliphatic carbocycles. The molecule has 2 fully saturated rings. The summed E-state index contributed by atoms with van der Waals surface area (Å²) in [5.74, 6) is 0.654. The number of fused-ring (bicyclic) bond motifs is 1. The summed E-state index contributed by atoms with van der Waals surface area (Å²) in [4.78, 5) is 27.6. The van der Waals surface area contributed by atoms with Crippen molar-refractivity contribution >= 4 is 11.8 Å². The van der Waals surface area contributed by atoms with Gasteiger partial charge < -0.3 is 15.0 Å². The molecule has 3 heterocycles. The van der Waals surface area contributed by atoms with Crippen LogP contribution in [-0.4, -0.2) is 51.3 Å². The number of hydrogen-bond donors (Lipinski definition) is 1. The molecule has 3 aliphatic rings. The molecule has 2 amide bonds. The van der Waals surface area contributed by atoms with Gasteiger partial charge in [0.15, 0.2) is 5.69 Å². The number of nitrogens with zero attached hydrogens (tertiary/aromatic N) is 4. The molecule has 1 aromatic carbocycles. The van der Waals surface area contributed by atoms with Gasteiger partial charge in [-0.1, -0.05) is 54.3 Å². The van der Waals surface area contributed by atoms with E-state index in [1.54, 1.807) is 4.68 Å². The fourth-order valence-electron chi connectivity index (χ4n) is 5.44. The summed E-state index contributed by atoms with van der Waals surface area (Å²) in [6, 6.07) is 8.29. The fraction of sp³-hybridized carbons (Fsp3) is 0.615. The molecule has 5 rings (SSSR count). The lowest BCUT2D eigenvalue weighted by Gasteiger charge is -2.32. The molecule has 1 saturated carbocycles. The Hall–Kier alpha value is -2.74. The molecule has 34 heavy (non-hydrogen) atoms. The Morgan fingerprint density at radius 1 is 1.06 bits per heavy atom. The van der Waals surface area contributed by atoms with Gasteiger partial charge in [-0.25, -0.2) is 4.68 Å². The highest BCUT2D eigenvalue weighted by Crippen LogP contribution is 2.28. The van der Waals surface area contributed by atoms with Gasteiger partial charge in [0.2, 0.25) is 5.91 Å². The van der Waals surface area contributed by atoms with E-state index in [0.717, 1.165) is 17.8 Å². The molecular formula is C26H35N5O3. The number of ether oxygens (including phenoxy) is 1. The highest BCUT2D eigenvalue weighted by molar-refractivity contribution is 5.93. The zero-order valence-electron chi connectivity index (χ0n) is 20.0. The van der Waals surface area contributed by atoms with Crippen LogP contribution in [0.3, 0.4) is 0 Å². The monoisotopic (exact) mass is 465 g/mol. The van der Waals surface area contributed by atoms with E-state index in [0.29, 0.717) is 50.7 Å². The minimum absolute atomic E-state index is 0.0136. The summed E-state index contributed by atoms with van der Waals surface area (Å²) in [7, 11) is 0. The maximum absolute atomic E-state index is 13.2. The summed E-state index contributed by atoms with van der Waals surface area (Å²) in [6.07, 6.45) is 7.63. The van der Waals surface area contributed by atoms with Crippen LogP contribution in [0, 0.1) is 18.8 Å². The Morgan fingerprint density at radius 2 is 1.79 bits per heavy atom. The fourth-order valence-corrected chi connectivity index (χ4v) is 5.44. The number of aromatic nitrogens is 3. The van der Waals surface area contributed by atoms with E-state index in [1.807, 2.05) is 4.90 Å². The van der Waals surface area contributed by atoms with Crippen molar-refractivity contribution < 1.29 is 14.3 Å². The average Bonchev–Trinajstić information content (AvgIpc) is 3.31. The van der Waals surface area contributed by atoms with Gasteiger partial charge in [0.1, 0.15) is 6.10 Å². The first-order valence-electron chi connectivity index (χ1n) is 12.8. The Morgan fingerprint density at radius 3 is 2.53 bits per heavy atom. The predicted octanol–water partition coefficient (Wildman–Crippen LogP) is 3.41. The highest BCUT2D eigenvalue weighted by Gasteiger charge is 2.33. The van der Waals surface area contributed by atoms with E-state index in [-0.39, 0.29) is 23.8 Å². The van der Waals surface area contributed by atoms with Crippen LogP contribution >= 0.6 is 0 Å². The Balaban J connectivity index is 1.14. The van der Waals surface area contributed by atoms with Crippen LogP contribution in [0.2, 0.25) is 0 Å². The van der Waals surface area contributed by atoms with Crippen LogP contribution in [0.25, 0.3) is 0 Å². The molecule has 1 saturated heterocycles. The zero-order chi connectivity index (χ0) is 23.5. The van der Waals surface area contributed by atoms with Crippen LogP contribution in [0.1, 0.15) is 78.4 Å². The lowest BCUT2D eigenvalue weighted by Crippen LogP contribution is -2.44. The van der Waals surface area contributed by atoms with Crippen LogP contribution in [-0.2, 0) is 22.7 Å². The maximum Gasteiger partial charge on any atom is 0.276 e. The highest BCUT2D eigenvalue weighted by atomic mass is 16.5. The molecular weight excluding hydrogens is 430 g/mol. The molecule has 8 heteroatoms. The first-order valence-corrected chi connectivity index (χ1v) is 12.8.